The van der Waals surface area contributed by atoms with Gasteiger partial charge in [-0.1, -0.05) is 36.8 Å². The van der Waals surface area contributed by atoms with Gasteiger partial charge in [0.2, 0.25) is 11.8 Å². The van der Waals surface area contributed by atoms with Crippen LogP contribution in [0.4, 0.5) is 17.3 Å². The summed E-state index contributed by atoms with van der Waals surface area (Å²) in [6.07, 6.45) is 17.5. The van der Waals surface area contributed by atoms with E-state index >= 15 is 4.79 Å². The van der Waals surface area contributed by atoms with Gasteiger partial charge in [-0.3, -0.25) is 19.3 Å². The molecule has 0 unspecified atom stereocenters. The van der Waals surface area contributed by atoms with Gasteiger partial charge in [-0.25, -0.2) is 15.0 Å². The van der Waals surface area contributed by atoms with Crippen molar-refractivity contribution >= 4 is 46.1 Å². The van der Waals surface area contributed by atoms with Crippen molar-refractivity contribution in [2.45, 2.75) is 139 Å². The second kappa shape index (κ2) is 20.8. The number of amides is 3. The van der Waals surface area contributed by atoms with Crippen molar-refractivity contribution in [1.82, 2.24) is 44.4 Å². The molecular formula is C61H78N12O3. The van der Waals surface area contributed by atoms with E-state index in [0.717, 1.165) is 156 Å². The zero-order valence-electron chi connectivity index (χ0n) is 45.0. The Morgan fingerprint density at radius 2 is 1.55 bits per heavy atom. The van der Waals surface area contributed by atoms with Crippen molar-refractivity contribution in [2.75, 3.05) is 93.7 Å². The summed E-state index contributed by atoms with van der Waals surface area (Å²) in [6, 6.07) is 22.7. The lowest BCUT2D eigenvalue weighted by Crippen LogP contribution is -2.58. The number of piperidine rings is 4. The van der Waals surface area contributed by atoms with Gasteiger partial charge >= 0.3 is 0 Å². The van der Waals surface area contributed by atoms with Crippen molar-refractivity contribution < 1.29 is 14.4 Å². The van der Waals surface area contributed by atoms with Gasteiger partial charge in [0.1, 0.15) is 11.3 Å². The number of carbonyl (C=O) groups excluding carboxylic acids is 3. The Kier molecular flexibility index (Phi) is 13.6. The molecule has 2 N–H and O–H groups in total. The number of hydrogen-bond acceptors (Lipinski definition) is 11. The summed E-state index contributed by atoms with van der Waals surface area (Å²) in [5.41, 5.74) is 8.48. The minimum Gasteiger partial charge on any atom is -0.366 e. The number of carbonyl (C=O) groups is 3. The first-order valence-corrected chi connectivity index (χ1v) is 29.3. The summed E-state index contributed by atoms with van der Waals surface area (Å²) < 4.78 is 2.21. The van der Waals surface area contributed by atoms with Crippen LogP contribution in [0.25, 0.3) is 22.3 Å². The number of aromatic nitrogens is 4. The molecule has 5 saturated heterocycles. The molecular weight excluding hydrogens is 949 g/mol. The Morgan fingerprint density at radius 3 is 2.25 bits per heavy atom. The highest BCUT2D eigenvalue weighted by atomic mass is 16.2. The van der Waals surface area contributed by atoms with Gasteiger partial charge in [0.25, 0.3) is 5.91 Å². The van der Waals surface area contributed by atoms with E-state index in [1.54, 1.807) is 0 Å². The fourth-order valence-electron chi connectivity index (χ4n) is 14.1. The van der Waals surface area contributed by atoms with Crippen LogP contribution in [0.2, 0.25) is 0 Å². The minimum atomic E-state index is -0.666. The third-order valence-electron chi connectivity index (χ3n) is 19.0. The fraction of sp³-hybridized carbons (Fsp3) is 0.574. The van der Waals surface area contributed by atoms with E-state index in [9.17, 15) is 9.59 Å². The molecule has 15 nitrogen and oxygen atoms in total. The van der Waals surface area contributed by atoms with E-state index in [1.165, 1.54) is 43.2 Å². The predicted octanol–water partition coefficient (Wildman–Crippen LogP) is 8.21. The first kappa shape index (κ1) is 49.7. The summed E-state index contributed by atoms with van der Waals surface area (Å²) in [7, 11) is 0. The van der Waals surface area contributed by atoms with Crippen LogP contribution < -0.4 is 20.4 Å². The first-order valence-electron chi connectivity index (χ1n) is 29.3. The van der Waals surface area contributed by atoms with Crippen LogP contribution in [0.1, 0.15) is 136 Å². The highest BCUT2D eigenvalue weighted by Gasteiger charge is 2.56. The molecule has 0 bridgehead atoms. The molecule has 76 heavy (non-hydrogen) atoms. The Labute approximate surface area is 448 Å². The smallest absolute Gasteiger partial charge is 0.253 e. The number of likely N-dealkylation sites (tertiary alicyclic amines) is 2. The number of nitrogens with zero attached hydrogens (tertiary/aromatic N) is 10. The van der Waals surface area contributed by atoms with Crippen LogP contribution in [0.15, 0.2) is 73.2 Å². The fourth-order valence-corrected chi connectivity index (χ4v) is 14.1. The number of imidazole rings is 1. The van der Waals surface area contributed by atoms with E-state index in [-0.39, 0.29) is 29.8 Å². The molecule has 2 saturated carbocycles. The third-order valence-corrected chi connectivity index (χ3v) is 19.0. The zero-order valence-corrected chi connectivity index (χ0v) is 45.0. The van der Waals surface area contributed by atoms with Crippen molar-refractivity contribution in [3.8, 4) is 11.3 Å². The summed E-state index contributed by atoms with van der Waals surface area (Å²) in [5.74, 6) is 3.08. The second-order valence-corrected chi connectivity index (χ2v) is 24.1. The van der Waals surface area contributed by atoms with E-state index < -0.39 is 5.41 Å². The maximum Gasteiger partial charge on any atom is 0.253 e. The molecule has 3 aromatic heterocycles. The molecule has 1 spiro atoms. The third kappa shape index (κ3) is 9.56. The van der Waals surface area contributed by atoms with E-state index in [2.05, 4.69) is 108 Å². The van der Waals surface area contributed by atoms with Gasteiger partial charge in [-0.2, -0.15) is 0 Å². The summed E-state index contributed by atoms with van der Waals surface area (Å²) in [4.78, 5) is 71.8. The number of anilines is 3. The number of hydrogen-bond donors (Lipinski definition) is 2. The predicted molar refractivity (Wildman–Crippen MR) is 299 cm³/mol. The average Bonchev–Trinajstić information content (AvgIpc) is 4.12. The number of benzene rings is 2. The molecule has 400 valence electrons. The number of pyridine rings is 2. The Balaban J connectivity index is 0.634. The number of piperazine rings is 1. The molecule has 8 aliphatic rings. The SMILES string of the molecule is CC(C)n1cnc2cc(-c3ccc4c(c3)N(C3CC(N5CCCCC5)C3)C(=O)C43CCN(C(=O)c4ccc(CN5CCN(C(=O)C6CCN(c7ccc([C@H]8CCCNC8)cn7)CC6)CC5)cc4)CC3)nc(NC3CC3)c21. The van der Waals surface area contributed by atoms with E-state index in [0.29, 0.717) is 55.4 Å². The van der Waals surface area contributed by atoms with Crippen LogP contribution in [0.5, 0.6) is 0 Å². The molecule has 3 amide bonds. The zero-order chi connectivity index (χ0) is 51.5. The van der Waals surface area contributed by atoms with Crippen LogP contribution in [0.3, 0.4) is 0 Å². The number of fused-ring (bicyclic) bond motifs is 3. The van der Waals surface area contributed by atoms with Crippen molar-refractivity contribution in [3.63, 3.8) is 0 Å². The van der Waals surface area contributed by atoms with E-state index in [4.69, 9.17) is 15.0 Å². The topological polar surface area (TPSA) is 138 Å². The quantitative estimate of drug-likeness (QED) is 0.125. The van der Waals surface area contributed by atoms with Gasteiger partial charge in [-0.05, 0) is 163 Å². The summed E-state index contributed by atoms with van der Waals surface area (Å²) in [6.45, 7) is 15.6. The summed E-state index contributed by atoms with van der Waals surface area (Å²) in [5, 5.41) is 7.23. The maximum atomic E-state index is 15.2. The summed E-state index contributed by atoms with van der Waals surface area (Å²) >= 11 is 0. The highest BCUT2D eigenvalue weighted by molar-refractivity contribution is 6.10. The standard InChI is InChI=1S/C61H78N12O3/c1-41(2)72-40-64-53-36-52(66-57(56(53)72)65-48-14-15-48)45-12-16-51-54(33-45)73(50-34-49(35-50)68-23-4-3-5-24-68)60(76)61(51)20-27-70(28-21-61)58(74)43-10-8-42(9-11-43)39-67-29-31-71(32-30-67)59(75)44-18-25-69(26-19-44)55-17-13-47(38-63-55)46-7-6-22-62-37-46/h8-13,16-17,33,36,38,40-41,44,46,48-50,62H,3-7,14-15,18-32,34-35,37,39H2,1-2H3,(H,65,66)/t46-,49?,50?/m0/s1. The maximum absolute atomic E-state index is 15.2. The van der Waals surface area contributed by atoms with Gasteiger partial charge in [-0.15, -0.1) is 0 Å². The Hall–Kier alpha value is -5.90. The van der Waals surface area contributed by atoms with Gasteiger partial charge in [0.05, 0.1) is 23.0 Å². The highest BCUT2D eigenvalue weighted by Crippen LogP contribution is 2.52. The molecule has 7 fully saturated rings. The van der Waals surface area contributed by atoms with E-state index in [1.807, 2.05) is 23.4 Å². The Morgan fingerprint density at radius 1 is 0.776 bits per heavy atom. The lowest BCUT2D eigenvalue weighted by Gasteiger charge is -2.48. The van der Waals surface area contributed by atoms with Gasteiger partial charge in [0, 0.05) is 119 Å². The molecule has 6 aliphatic heterocycles. The number of nitrogens with one attached hydrogen (secondary N) is 2. The van der Waals surface area contributed by atoms with Crippen molar-refractivity contribution in [1.29, 1.82) is 0 Å². The van der Waals surface area contributed by atoms with Crippen LogP contribution in [-0.4, -0.2) is 154 Å². The molecule has 2 aromatic carbocycles. The molecule has 13 rings (SSSR count). The molecule has 0 radical (unpaired) electrons. The average molecular weight is 1030 g/mol. The molecule has 9 heterocycles. The van der Waals surface area contributed by atoms with Crippen molar-refractivity contribution in [2.24, 2.45) is 5.92 Å². The Bertz CT molecular complexity index is 2910. The van der Waals surface area contributed by atoms with Crippen molar-refractivity contribution in [3.05, 3.63) is 95.4 Å². The minimum absolute atomic E-state index is 0.0270. The molecule has 1 atom stereocenters. The van der Waals surface area contributed by atoms with Gasteiger partial charge < -0.3 is 39.7 Å². The van der Waals surface area contributed by atoms with Crippen LogP contribution >= 0.6 is 0 Å². The first-order chi connectivity index (χ1) is 37.2. The normalized spacial score (nSPS) is 24.6. The lowest BCUT2D eigenvalue weighted by molar-refractivity contribution is -0.138. The molecule has 2 aliphatic carbocycles. The lowest BCUT2D eigenvalue weighted by atomic mass is 9.73. The molecule has 5 aromatic rings. The molecule has 15 heteroatoms. The van der Waals surface area contributed by atoms with Crippen LogP contribution in [-0.2, 0) is 21.5 Å². The monoisotopic (exact) mass is 1030 g/mol. The second-order valence-electron chi connectivity index (χ2n) is 24.1. The van der Waals surface area contributed by atoms with Crippen LogP contribution in [0, 0.1) is 5.92 Å². The number of rotatable bonds is 12. The largest absolute Gasteiger partial charge is 0.366 e. The van der Waals surface area contributed by atoms with Gasteiger partial charge in [0.15, 0.2) is 5.82 Å².